The molecule has 1 fully saturated rings. The van der Waals surface area contributed by atoms with E-state index in [1.807, 2.05) is 38.1 Å². The third-order valence-electron chi connectivity index (χ3n) is 4.58. The van der Waals surface area contributed by atoms with Crippen molar-refractivity contribution < 1.29 is 4.79 Å². The number of nitrogens with one attached hydrogen (secondary N) is 3. The Morgan fingerprint density at radius 3 is 2.65 bits per heavy atom. The maximum absolute atomic E-state index is 12.5. The Morgan fingerprint density at radius 1 is 1.39 bits per heavy atom. The molecule has 23 heavy (non-hydrogen) atoms. The summed E-state index contributed by atoms with van der Waals surface area (Å²) in [6, 6.07) is 7.46. The zero-order valence-corrected chi connectivity index (χ0v) is 15.1. The lowest BCUT2D eigenvalue weighted by Crippen LogP contribution is -2.50. The normalized spacial score (nSPS) is 20.9. The van der Waals surface area contributed by atoms with Crippen molar-refractivity contribution >= 4 is 29.9 Å². The molecule has 0 aromatic heterocycles. The molecule has 1 heterocycles. The molecule has 1 aromatic carbocycles. The van der Waals surface area contributed by atoms with Crippen molar-refractivity contribution in [3.05, 3.63) is 34.9 Å². The first-order valence-corrected chi connectivity index (χ1v) is 8.18. The second-order valence-electron chi connectivity index (χ2n) is 5.92. The van der Waals surface area contributed by atoms with E-state index < -0.39 is 0 Å². The van der Waals surface area contributed by atoms with Crippen LogP contribution in [0.4, 0.5) is 0 Å². The first-order chi connectivity index (χ1) is 10.5. The standard InChI is InChI=1S/C16H25ClN4O.ClH/c1-3-16(18,4-2)10-19-15(22)12-9-20-21-14(12)11-7-5-6-8-13(11)17;/h5-8,12,14,20-21H,3-4,9-10,18H2,1-2H3,(H,19,22);1H. The largest absolute Gasteiger partial charge is 0.354 e. The van der Waals surface area contributed by atoms with Crippen LogP contribution in [0.2, 0.25) is 5.02 Å². The van der Waals surface area contributed by atoms with Crippen molar-refractivity contribution in [1.82, 2.24) is 16.2 Å². The van der Waals surface area contributed by atoms with Crippen LogP contribution in [0.15, 0.2) is 24.3 Å². The zero-order chi connectivity index (χ0) is 16.2. The van der Waals surface area contributed by atoms with Gasteiger partial charge in [0.05, 0.1) is 12.0 Å². The van der Waals surface area contributed by atoms with Crippen molar-refractivity contribution in [2.45, 2.75) is 38.3 Å². The summed E-state index contributed by atoms with van der Waals surface area (Å²) in [5.74, 6) is -0.211. The predicted octanol–water partition coefficient (Wildman–Crippen LogP) is 2.16. The molecule has 1 saturated heterocycles. The molecular formula is C16H26Cl2N4O. The Hall–Kier alpha value is -0.850. The number of amides is 1. The number of carbonyl (C=O) groups excluding carboxylic acids is 1. The number of hydrogen-bond acceptors (Lipinski definition) is 4. The van der Waals surface area contributed by atoms with E-state index in [2.05, 4.69) is 16.2 Å². The van der Waals surface area contributed by atoms with Gasteiger partial charge in [-0.15, -0.1) is 12.4 Å². The summed E-state index contributed by atoms with van der Waals surface area (Å²) >= 11 is 6.25. The minimum atomic E-state index is -0.338. The maximum atomic E-state index is 12.5. The highest BCUT2D eigenvalue weighted by Crippen LogP contribution is 2.30. The molecule has 1 aromatic rings. The van der Waals surface area contributed by atoms with Gasteiger partial charge in [-0.3, -0.25) is 10.2 Å². The highest BCUT2D eigenvalue weighted by atomic mass is 35.5. The lowest BCUT2D eigenvalue weighted by molar-refractivity contribution is -0.125. The molecule has 2 unspecified atom stereocenters. The van der Waals surface area contributed by atoms with Crippen LogP contribution in [0.1, 0.15) is 38.3 Å². The van der Waals surface area contributed by atoms with Gasteiger partial charge in [-0.1, -0.05) is 43.6 Å². The van der Waals surface area contributed by atoms with E-state index in [-0.39, 0.29) is 35.8 Å². The van der Waals surface area contributed by atoms with Crippen LogP contribution in [-0.2, 0) is 4.79 Å². The lowest BCUT2D eigenvalue weighted by Gasteiger charge is -2.28. The van der Waals surface area contributed by atoms with Gasteiger partial charge in [0.15, 0.2) is 0 Å². The molecule has 7 heteroatoms. The molecule has 2 rings (SSSR count). The summed E-state index contributed by atoms with van der Waals surface area (Å²) in [7, 11) is 0. The Bertz CT molecular complexity index is 523. The Balaban J connectivity index is 0.00000264. The van der Waals surface area contributed by atoms with Gasteiger partial charge in [-0.25, -0.2) is 5.43 Å². The molecule has 1 aliphatic rings. The van der Waals surface area contributed by atoms with Gasteiger partial charge in [0.2, 0.25) is 5.91 Å². The van der Waals surface area contributed by atoms with E-state index in [1.54, 1.807) is 0 Å². The van der Waals surface area contributed by atoms with Gasteiger partial charge in [0, 0.05) is 23.7 Å². The third kappa shape index (κ3) is 4.81. The van der Waals surface area contributed by atoms with Crippen molar-refractivity contribution in [2.75, 3.05) is 13.1 Å². The van der Waals surface area contributed by atoms with Gasteiger partial charge >= 0.3 is 0 Å². The molecule has 0 saturated carbocycles. The van der Waals surface area contributed by atoms with Gasteiger partial charge in [-0.2, -0.15) is 0 Å². The van der Waals surface area contributed by atoms with Crippen LogP contribution in [0.3, 0.4) is 0 Å². The second-order valence-corrected chi connectivity index (χ2v) is 6.33. The van der Waals surface area contributed by atoms with E-state index in [0.717, 1.165) is 18.4 Å². The van der Waals surface area contributed by atoms with Crippen LogP contribution in [0, 0.1) is 5.92 Å². The highest BCUT2D eigenvalue weighted by Gasteiger charge is 2.35. The van der Waals surface area contributed by atoms with Gasteiger partial charge in [0.25, 0.3) is 0 Å². The molecule has 1 amide bonds. The minimum Gasteiger partial charge on any atom is -0.354 e. The Labute approximate surface area is 149 Å². The van der Waals surface area contributed by atoms with Crippen LogP contribution in [-0.4, -0.2) is 24.5 Å². The van der Waals surface area contributed by atoms with Crippen LogP contribution in [0.5, 0.6) is 0 Å². The van der Waals surface area contributed by atoms with Crippen molar-refractivity contribution in [3.8, 4) is 0 Å². The molecule has 2 atom stereocenters. The molecule has 0 radical (unpaired) electrons. The maximum Gasteiger partial charge on any atom is 0.226 e. The van der Waals surface area contributed by atoms with E-state index in [4.69, 9.17) is 17.3 Å². The Kier molecular flexibility index (Phi) is 7.77. The summed E-state index contributed by atoms with van der Waals surface area (Å²) in [4.78, 5) is 12.5. The van der Waals surface area contributed by atoms with Crippen LogP contribution < -0.4 is 21.9 Å². The second kappa shape index (κ2) is 8.85. The summed E-state index contributed by atoms with van der Waals surface area (Å²) in [5, 5.41) is 3.66. The number of benzene rings is 1. The van der Waals surface area contributed by atoms with E-state index >= 15 is 0 Å². The fourth-order valence-corrected chi connectivity index (χ4v) is 2.91. The number of carbonyl (C=O) groups is 1. The molecular weight excluding hydrogens is 335 g/mol. The highest BCUT2D eigenvalue weighted by molar-refractivity contribution is 6.31. The third-order valence-corrected chi connectivity index (χ3v) is 4.93. The molecule has 1 aliphatic heterocycles. The number of nitrogens with two attached hydrogens (primary N) is 1. The Morgan fingerprint density at radius 2 is 2.04 bits per heavy atom. The fraction of sp³-hybridized carbons (Fsp3) is 0.562. The summed E-state index contributed by atoms with van der Waals surface area (Å²) < 4.78 is 0. The van der Waals surface area contributed by atoms with Crippen molar-refractivity contribution in [1.29, 1.82) is 0 Å². The van der Waals surface area contributed by atoms with Crippen LogP contribution in [0.25, 0.3) is 0 Å². The zero-order valence-electron chi connectivity index (χ0n) is 13.6. The summed E-state index contributed by atoms with van der Waals surface area (Å²) in [6.45, 7) is 5.14. The van der Waals surface area contributed by atoms with E-state index in [1.165, 1.54) is 0 Å². The number of hydrazine groups is 1. The van der Waals surface area contributed by atoms with Crippen LogP contribution >= 0.6 is 24.0 Å². The predicted molar refractivity (Wildman–Crippen MR) is 96.6 cm³/mol. The molecule has 0 aliphatic carbocycles. The number of rotatable bonds is 6. The first kappa shape index (κ1) is 20.2. The fourth-order valence-electron chi connectivity index (χ4n) is 2.66. The summed E-state index contributed by atoms with van der Waals surface area (Å²) in [6.07, 6.45) is 1.66. The molecule has 130 valence electrons. The average molecular weight is 361 g/mol. The SMILES string of the molecule is CCC(N)(CC)CNC(=O)C1CNNC1c1ccccc1Cl.Cl. The average Bonchev–Trinajstić information content (AvgIpc) is 3.02. The number of hydrogen-bond donors (Lipinski definition) is 4. The molecule has 5 N–H and O–H groups in total. The smallest absolute Gasteiger partial charge is 0.226 e. The molecule has 0 bridgehead atoms. The monoisotopic (exact) mass is 360 g/mol. The topological polar surface area (TPSA) is 79.2 Å². The van der Waals surface area contributed by atoms with E-state index in [0.29, 0.717) is 18.1 Å². The lowest BCUT2D eigenvalue weighted by atomic mass is 9.92. The first-order valence-electron chi connectivity index (χ1n) is 7.80. The number of halogens is 2. The van der Waals surface area contributed by atoms with E-state index in [9.17, 15) is 4.79 Å². The van der Waals surface area contributed by atoms with Crippen molar-refractivity contribution in [3.63, 3.8) is 0 Å². The molecule has 5 nitrogen and oxygen atoms in total. The van der Waals surface area contributed by atoms with Gasteiger partial charge in [-0.05, 0) is 24.5 Å². The molecule has 0 spiro atoms. The quantitative estimate of drug-likeness (QED) is 0.626. The minimum absolute atomic E-state index is 0. The van der Waals surface area contributed by atoms with Crippen molar-refractivity contribution in [2.24, 2.45) is 11.7 Å². The summed E-state index contributed by atoms with van der Waals surface area (Å²) in [5.41, 5.74) is 13.0. The van der Waals surface area contributed by atoms with Gasteiger partial charge in [0.1, 0.15) is 0 Å². The van der Waals surface area contributed by atoms with Gasteiger partial charge < -0.3 is 11.1 Å².